The molecule has 0 bridgehead atoms. The summed E-state index contributed by atoms with van der Waals surface area (Å²) in [5.41, 5.74) is 1.33. The number of sulfonamides is 1. The van der Waals surface area contributed by atoms with Crippen molar-refractivity contribution in [2.24, 2.45) is 0 Å². The number of carbonyl (C=O) groups excluding carboxylic acids is 1. The molecule has 2 aromatic rings. The van der Waals surface area contributed by atoms with Gasteiger partial charge in [-0.3, -0.25) is 4.79 Å². The highest BCUT2D eigenvalue weighted by Crippen LogP contribution is 2.24. The first-order valence-electron chi connectivity index (χ1n) is 8.15. The van der Waals surface area contributed by atoms with E-state index < -0.39 is 16.1 Å². The highest BCUT2D eigenvalue weighted by molar-refractivity contribution is 7.88. The fraction of sp³-hybridized carbons (Fsp3) is 0.412. The van der Waals surface area contributed by atoms with Crippen LogP contribution in [0.25, 0.3) is 11.5 Å². The van der Waals surface area contributed by atoms with E-state index in [1.165, 1.54) is 4.31 Å². The number of piperidine rings is 1. The van der Waals surface area contributed by atoms with Gasteiger partial charge in [-0.25, -0.2) is 13.4 Å². The second kappa shape index (κ2) is 6.97. The Bertz CT molecular complexity index is 876. The van der Waals surface area contributed by atoms with Crippen LogP contribution in [0.2, 0.25) is 0 Å². The Morgan fingerprint density at radius 3 is 2.84 bits per heavy atom. The Morgan fingerprint density at radius 1 is 1.36 bits per heavy atom. The van der Waals surface area contributed by atoms with Crippen molar-refractivity contribution in [1.29, 1.82) is 0 Å². The van der Waals surface area contributed by atoms with Crippen LogP contribution in [0.3, 0.4) is 0 Å². The van der Waals surface area contributed by atoms with Crippen molar-refractivity contribution >= 4 is 21.6 Å². The van der Waals surface area contributed by atoms with Crippen molar-refractivity contribution in [1.82, 2.24) is 9.29 Å². The molecule has 1 atom stereocenters. The Morgan fingerprint density at radius 2 is 2.16 bits per heavy atom. The van der Waals surface area contributed by atoms with Gasteiger partial charge < -0.3 is 9.73 Å². The van der Waals surface area contributed by atoms with Gasteiger partial charge in [0.05, 0.1) is 12.5 Å². The molecular weight excluding hydrogens is 342 g/mol. The van der Waals surface area contributed by atoms with Crippen LogP contribution in [-0.2, 0) is 14.8 Å². The molecule has 1 fully saturated rings. The van der Waals surface area contributed by atoms with Crippen molar-refractivity contribution < 1.29 is 17.6 Å². The molecule has 1 aromatic carbocycles. The number of carbonyl (C=O) groups is 1. The molecule has 0 saturated carbocycles. The first-order chi connectivity index (χ1) is 11.8. The number of benzene rings is 1. The normalized spacial score (nSPS) is 18.9. The summed E-state index contributed by atoms with van der Waals surface area (Å²) in [4.78, 5) is 16.8. The molecule has 0 unspecified atom stereocenters. The van der Waals surface area contributed by atoms with Crippen LogP contribution in [0.1, 0.15) is 25.0 Å². The molecule has 134 valence electrons. The van der Waals surface area contributed by atoms with E-state index in [2.05, 4.69) is 10.3 Å². The van der Waals surface area contributed by atoms with Gasteiger partial charge in [0, 0.05) is 17.8 Å². The van der Waals surface area contributed by atoms with Crippen LogP contribution in [0, 0.1) is 6.92 Å². The zero-order valence-corrected chi connectivity index (χ0v) is 15.0. The monoisotopic (exact) mass is 363 g/mol. The molecule has 1 N–H and O–H groups in total. The van der Waals surface area contributed by atoms with Crippen molar-refractivity contribution in [3.05, 3.63) is 36.2 Å². The number of hydrogen-bond donors (Lipinski definition) is 1. The lowest BCUT2D eigenvalue weighted by Gasteiger charge is -2.32. The third-order valence-corrected chi connectivity index (χ3v) is 5.47. The van der Waals surface area contributed by atoms with Crippen molar-refractivity contribution in [3.63, 3.8) is 0 Å². The van der Waals surface area contributed by atoms with Crippen molar-refractivity contribution in [2.45, 2.75) is 32.2 Å². The van der Waals surface area contributed by atoms with E-state index in [9.17, 15) is 13.2 Å². The highest BCUT2D eigenvalue weighted by atomic mass is 32.2. The van der Waals surface area contributed by atoms with Crippen LogP contribution < -0.4 is 5.32 Å². The first kappa shape index (κ1) is 17.6. The zero-order chi connectivity index (χ0) is 18.0. The van der Waals surface area contributed by atoms with E-state index in [1.807, 2.05) is 13.0 Å². The summed E-state index contributed by atoms with van der Waals surface area (Å²) in [5, 5.41) is 2.82. The molecule has 25 heavy (non-hydrogen) atoms. The summed E-state index contributed by atoms with van der Waals surface area (Å²) in [6.45, 7) is 2.19. The number of nitrogens with one attached hydrogen (secondary N) is 1. The summed E-state index contributed by atoms with van der Waals surface area (Å²) in [5.74, 6) is 0.866. The predicted molar refractivity (Wildman–Crippen MR) is 94.5 cm³/mol. The third kappa shape index (κ3) is 4.08. The van der Waals surface area contributed by atoms with Gasteiger partial charge in [0.25, 0.3) is 0 Å². The maximum Gasteiger partial charge on any atom is 0.242 e. The number of aromatic nitrogens is 1. The number of amides is 1. The number of hydrogen-bond acceptors (Lipinski definition) is 5. The minimum atomic E-state index is -3.41. The van der Waals surface area contributed by atoms with Gasteiger partial charge in [-0.15, -0.1) is 0 Å². The lowest BCUT2D eigenvalue weighted by atomic mass is 10.0. The lowest BCUT2D eigenvalue weighted by Crippen LogP contribution is -2.49. The van der Waals surface area contributed by atoms with Gasteiger partial charge in [-0.05, 0) is 38.0 Å². The van der Waals surface area contributed by atoms with Crippen LogP contribution in [-0.4, -0.2) is 42.5 Å². The molecule has 3 rings (SSSR count). The minimum Gasteiger partial charge on any atom is -0.441 e. The van der Waals surface area contributed by atoms with E-state index in [0.29, 0.717) is 30.3 Å². The molecule has 1 aromatic heterocycles. The quantitative estimate of drug-likeness (QED) is 0.900. The average molecular weight is 363 g/mol. The molecule has 1 aliphatic rings. The topological polar surface area (TPSA) is 92.5 Å². The van der Waals surface area contributed by atoms with E-state index in [0.717, 1.165) is 24.7 Å². The maximum atomic E-state index is 12.6. The number of anilines is 1. The van der Waals surface area contributed by atoms with Crippen molar-refractivity contribution in [2.75, 3.05) is 18.1 Å². The average Bonchev–Trinajstić information content (AvgIpc) is 3.01. The Labute approximate surface area is 147 Å². The van der Waals surface area contributed by atoms with Gasteiger partial charge >= 0.3 is 0 Å². The second-order valence-electron chi connectivity index (χ2n) is 6.23. The molecule has 1 amide bonds. The number of aryl methyl sites for hydroxylation is 1. The van der Waals surface area contributed by atoms with E-state index in [1.54, 1.807) is 24.4 Å². The summed E-state index contributed by atoms with van der Waals surface area (Å²) in [6.07, 6.45) is 4.91. The predicted octanol–water partition coefficient (Wildman–Crippen LogP) is 2.40. The molecule has 1 saturated heterocycles. The van der Waals surface area contributed by atoms with Crippen molar-refractivity contribution in [3.8, 4) is 11.5 Å². The molecular formula is C17H21N3O4S. The van der Waals surface area contributed by atoms with Gasteiger partial charge in [0.1, 0.15) is 11.8 Å². The Hall–Kier alpha value is -2.19. The lowest BCUT2D eigenvalue weighted by molar-refractivity contribution is -0.120. The maximum absolute atomic E-state index is 12.6. The van der Waals surface area contributed by atoms with Gasteiger partial charge in [0.15, 0.2) is 0 Å². The molecule has 2 heterocycles. The first-order valence-corrected chi connectivity index (χ1v) is 10.00. The number of nitrogens with zero attached hydrogens (tertiary/aromatic N) is 2. The van der Waals surface area contributed by atoms with Gasteiger partial charge in [0.2, 0.25) is 21.8 Å². The fourth-order valence-electron chi connectivity index (χ4n) is 3.01. The van der Waals surface area contributed by atoms with E-state index >= 15 is 0 Å². The zero-order valence-electron chi connectivity index (χ0n) is 14.2. The molecule has 0 aliphatic carbocycles. The summed E-state index contributed by atoms with van der Waals surface area (Å²) < 4.78 is 30.6. The van der Waals surface area contributed by atoms with Crippen LogP contribution in [0.4, 0.5) is 5.69 Å². The molecule has 0 spiro atoms. The molecule has 8 heteroatoms. The van der Waals surface area contributed by atoms with Gasteiger partial charge in [-0.2, -0.15) is 4.31 Å². The minimum absolute atomic E-state index is 0.314. The number of oxazole rings is 1. The fourth-order valence-corrected chi connectivity index (χ4v) is 4.13. The standard InChI is InChI=1S/C17H21N3O4S/c1-12-11-18-17(24-12)13-6-5-7-14(10-13)19-16(21)15-8-3-4-9-20(15)25(2,22)23/h5-7,10-11,15H,3-4,8-9H2,1-2H3,(H,19,21)/t15-/m1/s1. The summed E-state index contributed by atoms with van der Waals surface area (Å²) in [6, 6.07) is 6.47. The SMILES string of the molecule is Cc1cnc(-c2cccc(NC(=O)[C@H]3CCCCN3S(C)(=O)=O)c2)o1. The van der Waals surface area contributed by atoms with Crippen LogP contribution >= 0.6 is 0 Å². The molecule has 7 nitrogen and oxygen atoms in total. The Balaban J connectivity index is 1.78. The van der Waals surface area contributed by atoms with E-state index in [4.69, 9.17) is 4.42 Å². The van der Waals surface area contributed by atoms with Gasteiger partial charge in [-0.1, -0.05) is 12.5 Å². The third-order valence-electron chi connectivity index (χ3n) is 4.18. The second-order valence-corrected chi connectivity index (χ2v) is 8.17. The summed E-state index contributed by atoms with van der Waals surface area (Å²) >= 11 is 0. The summed E-state index contributed by atoms with van der Waals surface area (Å²) in [7, 11) is -3.41. The number of rotatable bonds is 4. The Kier molecular flexibility index (Phi) is 4.91. The van der Waals surface area contributed by atoms with E-state index in [-0.39, 0.29) is 5.91 Å². The molecule has 1 aliphatic heterocycles. The highest BCUT2D eigenvalue weighted by Gasteiger charge is 2.34. The molecule has 0 radical (unpaired) electrons. The van der Waals surface area contributed by atoms with Crippen LogP contribution in [0.5, 0.6) is 0 Å². The largest absolute Gasteiger partial charge is 0.441 e. The van der Waals surface area contributed by atoms with Crippen LogP contribution in [0.15, 0.2) is 34.9 Å². The smallest absolute Gasteiger partial charge is 0.242 e.